The fourth-order valence-electron chi connectivity index (χ4n) is 3.27. The van der Waals surface area contributed by atoms with Gasteiger partial charge in [-0.05, 0) is 31.4 Å². The highest BCUT2D eigenvalue weighted by Gasteiger charge is 2.19. The maximum absolute atomic E-state index is 11.7. The highest BCUT2D eigenvalue weighted by Crippen LogP contribution is 2.30. The van der Waals surface area contributed by atoms with E-state index in [1.165, 1.54) is 25.3 Å². The molecule has 0 amide bonds. The lowest BCUT2D eigenvalue weighted by Crippen LogP contribution is -2.15. The first-order valence-electron chi connectivity index (χ1n) is 9.37. The van der Waals surface area contributed by atoms with Crippen LogP contribution in [0.4, 0.5) is 0 Å². The van der Waals surface area contributed by atoms with Crippen molar-refractivity contribution in [2.75, 3.05) is 6.61 Å². The molecule has 1 aliphatic rings. The summed E-state index contributed by atoms with van der Waals surface area (Å²) in [6.07, 6.45) is 9.16. The second-order valence-corrected chi connectivity index (χ2v) is 6.50. The first-order chi connectivity index (χ1) is 12.8. The molecular formula is C21H26N2O3. The van der Waals surface area contributed by atoms with Crippen molar-refractivity contribution in [3.05, 3.63) is 53.7 Å². The summed E-state index contributed by atoms with van der Waals surface area (Å²) in [6.45, 7) is 2.65. The van der Waals surface area contributed by atoms with Crippen LogP contribution in [-0.2, 0) is 16.1 Å². The van der Waals surface area contributed by atoms with Gasteiger partial charge in [-0.2, -0.15) is 0 Å². The number of hydrogen-bond donors (Lipinski definition) is 0. The van der Waals surface area contributed by atoms with E-state index in [2.05, 4.69) is 5.10 Å². The zero-order chi connectivity index (χ0) is 18.2. The van der Waals surface area contributed by atoms with E-state index < -0.39 is 0 Å². The van der Waals surface area contributed by atoms with Gasteiger partial charge >= 0.3 is 5.97 Å². The van der Waals surface area contributed by atoms with Crippen molar-refractivity contribution in [1.29, 1.82) is 0 Å². The fourth-order valence-corrected chi connectivity index (χ4v) is 3.27. The molecule has 0 N–H and O–H groups in total. The average molecular weight is 354 g/mol. The van der Waals surface area contributed by atoms with Gasteiger partial charge in [0.05, 0.1) is 18.3 Å². The van der Waals surface area contributed by atoms with Crippen molar-refractivity contribution in [2.45, 2.75) is 51.7 Å². The Kier molecular flexibility index (Phi) is 6.47. The van der Waals surface area contributed by atoms with Gasteiger partial charge in [-0.25, -0.2) is 4.79 Å². The average Bonchev–Trinajstić information content (AvgIpc) is 3.10. The zero-order valence-electron chi connectivity index (χ0n) is 15.3. The molecule has 1 fully saturated rings. The summed E-state index contributed by atoms with van der Waals surface area (Å²) in [5.41, 5.74) is 1.98. The van der Waals surface area contributed by atoms with Crippen LogP contribution in [0.5, 0.6) is 5.88 Å². The van der Waals surface area contributed by atoms with E-state index >= 15 is 0 Å². The van der Waals surface area contributed by atoms with E-state index in [4.69, 9.17) is 9.47 Å². The van der Waals surface area contributed by atoms with Gasteiger partial charge in [0.25, 0.3) is 0 Å². The summed E-state index contributed by atoms with van der Waals surface area (Å²) in [7, 11) is 0. The topological polar surface area (TPSA) is 53.4 Å². The summed E-state index contributed by atoms with van der Waals surface area (Å²) in [5, 5.41) is 4.66. The van der Waals surface area contributed by atoms with Crippen LogP contribution in [0, 0.1) is 0 Å². The highest BCUT2D eigenvalue weighted by atomic mass is 16.5. The molecule has 0 atom stereocenters. The third-order valence-electron chi connectivity index (χ3n) is 4.57. The SMILES string of the molecule is CCOC(=O)C=Cc1cc(OCc2ccccc2)nn1C1CCCCC1. The molecule has 0 radical (unpaired) electrons. The van der Waals surface area contributed by atoms with Gasteiger partial charge in [-0.3, -0.25) is 4.68 Å². The van der Waals surface area contributed by atoms with Crippen LogP contribution in [-0.4, -0.2) is 22.4 Å². The van der Waals surface area contributed by atoms with Crippen LogP contribution in [0.1, 0.15) is 56.3 Å². The smallest absolute Gasteiger partial charge is 0.330 e. The Morgan fingerprint density at radius 1 is 1.23 bits per heavy atom. The molecule has 0 bridgehead atoms. The van der Waals surface area contributed by atoms with Crippen LogP contribution in [0.15, 0.2) is 42.5 Å². The number of nitrogens with zero attached hydrogens (tertiary/aromatic N) is 2. The second-order valence-electron chi connectivity index (χ2n) is 6.50. The molecule has 1 heterocycles. The molecule has 3 rings (SSSR count). The summed E-state index contributed by atoms with van der Waals surface area (Å²) in [5.74, 6) is 0.249. The van der Waals surface area contributed by atoms with Crippen molar-refractivity contribution in [1.82, 2.24) is 9.78 Å². The van der Waals surface area contributed by atoms with Crippen molar-refractivity contribution < 1.29 is 14.3 Å². The molecule has 1 saturated carbocycles. The Labute approximate surface area is 154 Å². The summed E-state index contributed by atoms with van der Waals surface area (Å²) >= 11 is 0. The molecule has 26 heavy (non-hydrogen) atoms. The fraction of sp³-hybridized carbons (Fsp3) is 0.429. The maximum Gasteiger partial charge on any atom is 0.330 e. The minimum absolute atomic E-state index is 0.337. The molecule has 0 spiro atoms. The minimum atomic E-state index is -0.337. The van der Waals surface area contributed by atoms with Gasteiger partial charge in [-0.1, -0.05) is 49.6 Å². The standard InChI is InChI=1S/C21H26N2O3/c1-2-25-21(24)14-13-19-15-20(26-16-17-9-5-3-6-10-17)22-23(19)18-11-7-4-8-12-18/h3,5-6,9-10,13-15,18H,2,4,7-8,11-12,16H2,1H3. The van der Waals surface area contributed by atoms with E-state index in [0.29, 0.717) is 25.1 Å². The van der Waals surface area contributed by atoms with Gasteiger partial charge in [0.2, 0.25) is 5.88 Å². The van der Waals surface area contributed by atoms with E-state index in [9.17, 15) is 4.79 Å². The number of hydrogen-bond acceptors (Lipinski definition) is 4. The normalized spacial score (nSPS) is 15.3. The number of benzene rings is 1. The van der Waals surface area contributed by atoms with Gasteiger partial charge in [0, 0.05) is 12.1 Å². The number of carbonyl (C=O) groups excluding carboxylic acids is 1. The van der Waals surface area contributed by atoms with Crippen LogP contribution in [0.2, 0.25) is 0 Å². The molecule has 138 valence electrons. The summed E-state index contributed by atoms with van der Waals surface area (Å²) in [6, 6.07) is 12.3. The quantitative estimate of drug-likeness (QED) is 0.541. The third kappa shape index (κ3) is 4.97. The number of rotatable bonds is 7. The Morgan fingerprint density at radius 3 is 2.73 bits per heavy atom. The van der Waals surface area contributed by atoms with E-state index in [1.807, 2.05) is 41.1 Å². The summed E-state index contributed by atoms with van der Waals surface area (Å²) < 4.78 is 12.9. The Bertz CT molecular complexity index is 731. The van der Waals surface area contributed by atoms with Crippen LogP contribution < -0.4 is 4.74 Å². The van der Waals surface area contributed by atoms with E-state index in [1.54, 1.807) is 13.0 Å². The molecular weight excluding hydrogens is 328 g/mol. The molecule has 0 aliphatic heterocycles. The number of esters is 1. The molecule has 0 saturated heterocycles. The second kappa shape index (κ2) is 9.22. The van der Waals surface area contributed by atoms with Crippen LogP contribution in [0.3, 0.4) is 0 Å². The van der Waals surface area contributed by atoms with E-state index in [-0.39, 0.29) is 5.97 Å². The van der Waals surface area contributed by atoms with Crippen molar-refractivity contribution in [3.8, 4) is 5.88 Å². The number of carbonyl (C=O) groups is 1. The lowest BCUT2D eigenvalue weighted by molar-refractivity contribution is -0.137. The van der Waals surface area contributed by atoms with E-state index in [0.717, 1.165) is 24.1 Å². The number of aromatic nitrogens is 2. The van der Waals surface area contributed by atoms with Crippen molar-refractivity contribution >= 4 is 12.0 Å². The largest absolute Gasteiger partial charge is 0.472 e. The monoisotopic (exact) mass is 354 g/mol. The molecule has 1 aromatic heterocycles. The molecule has 5 heteroatoms. The van der Waals surface area contributed by atoms with Crippen LogP contribution in [0.25, 0.3) is 6.08 Å². The number of ether oxygens (including phenoxy) is 2. The van der Waals surface area contributed by atoms with Gasteiger partial charge < -0.3 is 9.47 Å². The first-order valence-corrected chi connectivity index (χ1v) is 9.37. The summed E-state index contributed by atoms with van der Waals surface area (Å²) in [4.78, 5) is 11.7. The van der Waals surface area contributed by atoms with Gasteiger partial charge in [0.1, 0.15) is 6.61 Å². The molecule has 2 aromatic rings. The van der Waals surface area contributed by atoms with Crippen LogP contribution >= 0.6 is 0 Å². The maximum atomic E-state index is 11.7. The predicted molar refractivity (Wildman–Crippen MR) is 101 cm³/mol. The Hall–Kier alpha value is -2.56. The minimum Gasteiger partial charge on any atom is -0.472 e. The molecule has 5 nitrogen and oxygen atoms in total. The predicted octanol–water partition coefficient (Wildman–Crippen LogP) is 4.54. The third-order valence-corrected chi connectivity index (χ3v) is 4.57. The molecule has 1 aliphatic carbocycles. The lowest BCUT2D eigenvalue weighted by atomic mass is 9.95. The zero-order valence-corrected chi connectivity index (χ0v) is 15.3. The lowest BCUT2D eigenvalue weighted by Gasteiger charge is -2.23. The van der Waals surface area contributed by atoms with Gasteiger partial charge in [0.15, 0.2) is 0 Å². The molecule has 0 unspecified atom stereocenters. The van der Waals surface area contributed by atoms with Crippen molar-refractivity contribution in [3.63, 3.8) is 0 Å². The van der Waals surface area contributed by atoms with Crippen molar-refractivity contribution in [2.24, 2.45) is 0 Å². The Morgan fingerprint density at radius 2 is 2.00 bits per heavy atom. The van der Waals surface area contributed by atoms with Gasteiger partial charge in [-0.15, -0.1) is 5.10 Å². The molecule has 1 aromatic carbocycles. The highest BCUT2D eigenvalue weighted by molar-refractivity contribution is 5.86. The Balaban J connectivity index is 1.76. The first kappa shape index (κ1) is 18.2.